The maximum atomic E-state index is 6.06. The molecule has 2 N–H and O–H groups in total. The van der Waals surface area contributed by atoms with E-state index in [1.54, 1.807) is 0 Å². The predicted molar refractivity (Wildman–Crippen MR) is 87.6 cm³/mol. The van der Waals surface area contributed by atoms with Gasteiger partial charge in [0.05, 0.1) is 12.3 Å². The van der Waals surface area contributed by atoms with Crippen LogP contribution >= 0.6 is 0 Å². The molecule has 0 fully saturated rings. The highest BCUT2D eigenvalue weighted by atomic mass is 16.3. The number of fused-ring (bicyclic) bond motifs is 1. The molecular formula is C18H20N2O. The number of para-hydroxylation sites is 2. The average molecular weight is 280 g/mol. The third kappa shape index (κ3) is 2.41. The first-order valence-corrected chi connectivity index (χ1v) is 7.17. The van der Waals surface area contributed by atoms with E-state index in [4.69, 9.17) is 10.2 Å². The monoisotopic (exact) mass is 280 g/mol. The van der Waals surface area contributed by atoms with Crippen LogP contribution in [-0.4, -0.2) is 13.6 Å². The number of rotatable bonds is 4. The lowest BCUT2D eigenvalue weighted by Gasteiger charge is -2.30. The zero-order valence-electron chi connectivity index (χ0n) is 12.4. The number of hydrogen-bond donors (Lipinski definition) is 1. The number of aryl methyl sites for hydroxylation is 1. The number of benzene rings is 2. The van der Waals surface area contributed by atoms with E-state index in [0.717, 1.165) is 16.5 Å². The molecule has 21 heavy (non-hydrogen) atoms. The van der Waals surface area contributed by atoms with Gasteiger partial charge in [0.25, 0.3) is 0 Å². The molecule has 0 saturated carbocycles. The molecule has 1 atom stereocenters. The van der Waals surface area contributed by atoms with Crippen molar-refractivity contribution in [3.8, 4) is 0 Å². The van der Waals surface area contributed by atoms with Crippen molar-refractivity contribution in [3.05, 3.63) is 65.9 Å². The number of hydrogen-bond acceptors (Lipinski definition) is 3. The minimum atomic E-state index is 0.0924. The molecule has 0 aliphatic rings. The van der Waals surface area contributed by atoms with Gasteiger partial charge in [-0.15, -0.1) is 0 Å². The molecular weight excluding hydrogens is 260 g/mol. The highest BCUT2D eigenvalue weighted by molar-refractivity contribution is 5.82. The smallest absolute Gasteiger partial charge is 0.134 e. The van der Waals surface area contributed by atoms with Crippen molar-refractivity contribution in [1.82, 2.24) is 0 Å². The molecule has 1 aromatic heterocycles. The van der Waals surface area contributed by atoms with Gasteiger partial charge in [0.15, 0.2) is 0 Å². The molecule has 0 amide bonds. The van der Waals surface area contributed by atoms with Crippen LogP contribution in [0, 0.1) is 6.92 Å². The van der Waals surface area contributed by atoms with Gasteiger partial charge in [-0.2, -0.15) is 0 Å². The highest BCUT2D eigenvalue weighted by Crippen LogP contribution is 2.32. The molecule has 1 heterocycles. The van der Waals surface area contributed by atoms with E-state index < -0.39 is 0 Å². The third-order valence-corrected chi connectivity index (χ3v) is 4.06. The Labute approximate surface area is 125 Å². The Morgan fingerprint density at radius 2 is 1.81 bits per heavy atom. The number of furan rings is 1. The summed E-state index contributed by atoms with van der Waals surface area (Å²) in [5, 5.41) is 1.13. The number of anilines is 1. The molecule has 0 saturated heterocycles. The van der Waals surface area contributed by atoms with Crippen molar-refractivity contribution in [2.45, 2.75) is 13.0 Å². The van der Waals surface area contributed by atoms with Crippen molar-refractivity contribution in [3.63, 3.8) is 0 Å². The van der Waals surface area contributed by atoms with Gasteiger partial charge >= 0.3 is 0 Å². The van der Waals surface area contributed by atoms with Gasteiger partial charge in [0.1, 0.15) is 5.58 Å². The summed E-state index contributed by atoms with van der Waals surface area (Å²) < 4.78 is 5.67. The maximum absolute atomic E-state index is 6.06. The second-order valence-electron chi connectivity index (χ2n) is 5.34. The highest BCUT2D eigenvalue weighted by Gasteiger charge is 2.21. The maximum Gasteiger partial charge on any atom is 0.134 e. The first kappa shape index (κ1) is 13.7. The SMILES string of the molecule is Cc1ccccc1N(C)C(CN)c1coc2ccccc12. The van der Waals surface area contributed by atoms with Crippen LogP contribution in [0.15, 0.2) is 59.2 Å². The molecule has 3 aromatic rings. The van der Waals surface area contributed by atoms with Gasteiger partial charge < -0.3 is 15.1 Å². The van der Waals surface area contributed by atoms with Crippen LogP contribution in [0.2, 0.25) is 0 Å². The number of nitrogens with zero attached hydrogens (tertiary/aromatic N) is 1. The molecule has 3 rings (SSSR count). The lowest BCUT2D eigenvalue weighted by Crippen LogP contribution is -2.30. The van der Waals surface area contributed by atoms with Gasteiger partial charge in [-0.1, -0.05) is 36.4 Å². The predicted octanol–water partition coefficient (Wildman–Crippen LogP) is 3.88. The van der Waals surface area contributed by atoms with Crippen molar-refractivity contribution in [1.29, 1.82) is 0 Å². The Kier molecular flexibility index (Phi) is 3.67. The Balaban J connectivity index is 2.04. The van der Waals surface area contributed by atoms with Crippen molar-refractivity contribution in [2.24, 2.45) is 5.73 Å². The minimum absolute atomic E-state index is 0.0924. The summed E-state index contributed by atoms with van der Waals surface area (Å²) in [6, 6.07) is 16.5. The van der Waals surface area contributed by atoms with E-state index in [1.165, 1.54) is 11.3 Å². The molecule has 0 bridgehead atoms. The summed E-state index contributed by atoms with van der Waals surface area (Å²) in [6.45, 7) is 2.65. The zero-order valence-corrected chi connectivity index (χ0v) is 12.4. The molecule has 0 radical (unpaired) electrons. The summed E-state index contributed by atoms with van der Waals surface area (Å²) in [7, 11) is 2.08. The fraction of sp³-hybridized carbons (Fsp3) is 0.222. The molecule has 0 aliphatic carbocycles. The topological polar surface area (TPSA) is 42.4 Å². The van der Waals surface area contributed by atoms with E-state index in [-0.39, 0.29) is 6.04 Å². The van der Waals surface area contributed by atoms with Gasteiger partial charge in [-0.05, 0) is 24.6 Å². The molecule has 0 spiro atoms. The van der Waals surface area contributed by atoms with E-state index in [2.05, 4.69) is 49.2 Å². The van der Waals surface area contributed by atoms with Crippen LogP contribution in [0.25, 0.3) is 11.0 Å². The minimum Gasteiger partial charge on any atom is -0.464 e. The summed E-state index contributed by atoms with van der Waals surface area (Å²) in [6.07, 6.45) is 1.83. The first-order valence-electron chi connectivity index (χ1n) is 7.17. The molecule has 2 aromatic carbocycles. The largest absolute Gasteiger partial charge is 0.464 e. The van der Waals surface area contributed by atoms with Gasteiger partial charge in [0.2, 0.25) is 0 Å². The van der Waals surface area contributed by atoms with Crippen LogP contribution < -0.4 is 10.6 Å². The summed E-state index contributed by atoms with van der Waals surface area (Å²) in [5.41, 5.74) is 10.5. The lowest BCUT2D eigenvalue weighted by atomic mass is 10.0. The van der Waals surface area contributed by atoms with Crippen LogP contribution in [0.5, 0.6) is 0 Å². The van der Waals surface area contributed by atoms with Crippen molar-refractivity contribution < 1.29 is 4.42 Å². The third-order valence-electron chi connectivity index (χ3n) is 4.06. The lowest BCUT2D eigenvalue weighted by molar-refractivity contribution is 0.594. The fourth-order valence-corrected chi connectivity index (χ4v) is 2.88. The molecule has 1 unspecified atom stereocenters. The quantitative estimate of drug-likeness (QED) is 0.788. The Morgan fingerprint density at radius 3 is 2.57 bits per heavy atom. The molecule has 3 nitrogen and oxygen atoms in total. The zero-order chi connectivity index (χ0) is 14.8. The molecule has 108 valence electrons. The van der Waals surface area contributed by atoms with Crippen LogP contribution in [0.4, 0.5) is 5.69 Å². The Hall–Kier alpha value is -2.26. The Bertz CT molecular complexity index is 748. The average Bonchev–Trinajstić information content (AvgIpc) is 2.93. The number of nitrogens with two attached hydrogens (primary N) is 1. The fourth-order valence-electron chi connectivity index (χ4n) is 2.88. The molecule has 3 heteroatoms. The van der Waals surface area contributed by atoms with Crippen molar-refractivity contribution >= 4 is 16.7 Å². The summed E-state index contributed by atoms with van der Waals surface area (Å²) in [5.74, 6) is 0. The van der Waals surface area contributed by atoms with Gasteiger partial charge in [-0.3, -0.25) is 0 Å². The standard InChI is InChI=1S/C18H20N2O/c1-13-7-3-5-9-16(13)20(2)17(11-19)15-12-21-18-10-6-4-8-14(15)18/h3-10,12,17H,11,19H2,1-2H3. The van der Waals surface area contributed by atoms with Crippen LogP contribution in [0.3, 0.4) is 0 Å². The van der Waals surface area contributed by atoms with E-state index >= 15 is 0 Å². The normalized spacial score (nSPS) is 12.5. The summed E-state index contributed by atoms with van der Waals surface area (Å²) >= 11 is 0. The van der Waals surface area contributed by atoms with Crippen LogP contribution in [0.1, 0.15) is 17.2 Å². The molecule has 0 aliphatic heterocycles. The van der Waals surface area contributed by atoms with Crippen molar-refractivity contribution in [2.75, 3.05) is 18.5 Å². The van der Waals surface area contributed by atoms with E-state index in [1.807, 2.05) is 24.5 Å². The van der Waals surface area contributed by atoms with Crippen LogP contribution in [-0.2, 0) is 0 Å². The van der Waals surface area contributed by atoms with Gasteiger partial charge in [-0.25, -0.2) is 0 Å². The number of likely N-dealkylation sites (N-methyl/N-ethyl adjacent to an activating group) is 1. The summed E-state index contributed by atoms with van der Waals surface area (Å²) in [4.78, 5) is 2.23. The van der Waals surface area contributed by atoms with E-state index in [0.29, 0.717) is 6.54 Å². The second-order valence-corrected chi connectivity index (χ2v) is 5.34. The van der Waals surface area contributed by atoms with E-state index in [9.17, 15) is 0 Å². The first-order chi connectivity index (χ1) is 10.2. The van der Waals surface area contributed by atoms with Gasteiger partial charge in [0, 0.05) is 30.2 Å². The second kappa shape index (κ2) is 5.62. The Morgan fingerprint density at radius 1 is 1.10 bits per heavy atom.